The molecular formula is C12H12N2O3S. The fourth-order valence-electron chi connectivity index (χ4n) is 2.11. The molecule has 3 heterocycles. The maximum atomic E-state index is 10.8. The highest BCUT2D eigenvalue weighted by atomic mass is 32.2. The average Bonchev–Trinajstić information content (AvgIpc) is 2.94. The van der Waals surface area contributed by atoms with Crippen molar-refractivity contribution in [1.82, 2.24) is 9.97 Å². The highest BCUT2D eigenvalue weighted by Gasteiger charge is 2.36. The quantitative estimate of drug-likeness (QED) is 0.898. The standard InChI is InChI=1S/C12H12N2O3S/c1-12(5-2-6-18-12)11-14-9-8(17-11)4-3-7(13-9)10(15)16/h3-4H,2,5-6H2,1H3,(H,15,16). The number of carbonyl (C=O) groups is 1. The predicted molar refractivity (Wildman–Crippen MR) is 67.8 cm³/mol. The zero-order valence-corrected chi connectivity index (χ0v) is 10.7. The van der Waals surface area contributed by atoms with Crippen LogP contribution in [0.15, 0.2) is 16.5 Å². The summed E-state index contributed by atoms with van der Waals surface area (Å²) in [5.74, 6) is 0.696. The molecule has 3 rings (SSSR count). The number of oxazole rings is 1. The van der Waals surface area contributed by atoms with Gasteiger partial charge in [-0.3, -0.25) is 0 Å². The first-order chi connectivity index (χ1) is 8.58. The third-order valence-corrected chi connectivity index (χ3v) is 4.65. The van der Waals surface area contributed by atoms with Crippen molar-refractivity contribution in [2.24, 2.45) is 0 Å². The van der Waals surface area contributed by atoms with Gasteiger partial charge in [0.2, 0.25) is 5.89 Å². The van der Waals surface area contributed by atoms with Gasteiger partial charge in [0.1, 0.15) is 0 Å². The fraction of sp³-hybridized carbons (Fsp3) is 0.417. The van der Waals surface area contributed by atoms with E-state index in [9.17, 15) is 4.79 Å². The molecule has 0 saturated carbocycles. The Morgan fingerprint density at radius 1 is 1.50 bits per heavy atom. The summed E-state index contributed by atoms with van der Waals surface area (Å²) < 4.78 is 5.60. The van der Waals surface area contributed by atoms with Crippen LogP contribution in [0, 0.1) is 0 Å². The Kier molecular flexibility index (Phi) is 2.55. The number of carboxylic acid groups (broad SMARTS) is 1. The molecule has 0 amide bonds. The van der Waals surface area contributed by atoms with Gasteiger partial charge < -0.3 is 9.52 Å². The van der Waals surface area contributed by atoms with Crippen LogP contribution in [0.2, 0.25) is 0 Å². The van der Waals surface area contributed by atoms with Crippen molar-refractivity contribution in [3.8, 4) is 0 Å². The number of nitrogens with zero attached hydrogens (tertiary/aromatic N) is 2. The smallest absolute Gasteiger partial charge is 0.354 e. The van der Waals surface area contributed by atoms with Crippen LogP contribution in [-0.4, -0.2) is 26.8 Å². The van der Waals surface area contributed by atoms with Crippen LogP contribution < -0.4 is 0 Å². The molecule has 1 unspecified atom stereocenters. The van der Waals surface area contributed by atoms with Crippen LogP contribution in [0.3, 0.4) is 0 Å². The molecule has 18 heavy (non-hydrogen) atoms. The molecule has 0 bridgehead atoms. The monoisotopic (exact) mass is 264 g/mol. The lowest BCUT2D eigenvalue weighted by molar-refractivity contribution is 0.0691. The number of hydrogen-bond donors (Lipinski definition) is 1. The minimum Gasteiger partial charge on any atom is -0.477 e. The molecule has 1 atom stereocenters. The van der Waals surface area contributed by atoms with Crippen LogP contribution in [0.4, 0.5) is 0 Å². The molecule has 0 radical (unpaired) electrons. The second-order valence-electron chi connectivity index (χ2n) is 4.53. The Morgan fingerprint density at radius 3 is 3.00 bits per heavy atom. The van der Waals surface area contributed by atoms with Crippen molar-refractivity contribution < 1.29 is 14.3 Å². The highest BCUT2D eigenvalue weighted by molar-refractivity contribution is 8.00. The topological polar surface area (TPSA) is 76.2 Å². The Balaban J connectivity index is 2.08. The van der Waals surface area contributed by atoms with E-state index in [1.165, 1.54) is 6.07 Å². The zero-order chi connectivity index (χ0) is 12.8. The lowest BCUT2D eigenvalue weighted by Crippen LogP contribution is -2.12. The van der Waals surface area contributed by atoms with Gasteiger partial charge in [-0.05, 0) is 37.7 Å². The molecule has 1 N–H and O–H groups in total. The number of thioether (sulfide) groups is 1. The van der Waals surface area contributed by atoms with Crippen molar-refractivity contribution in [3.63, 3.8) is 0 Å². The molecular weight excluding hydrogens is 252 g/mol. The number of aromatic nitrogens is 2. The molecule has 6 heteroatoms. The summed E-state index contributed by atoms with van der Waals surface area (Å²) >= 11 is 1.82. The van der Waals surface area contributed by atoms with Crippen LogP contribution >= 0.6 is 11.8 Å². The Hall–Kier alpha value is -1.56. The van der Waals surface area contributed by atoms with Crippen molar-refractivity contribution in [2.75, 3.05) is 5.75 Å². The van der Waals surface area contributed by atoms with E-state index in [0.717, 1.165) is 18.6 Å². The van der Waals surface area contributed by atoms with Gasteiger partial charge in [0, 0.05) is 0 Å². The molecule has 2 aromatic rings. The van der Waals surface area contributed by atoms with Gasteiger partial charge in [0.05, 0.1) is 4.75 Å². The third-order valence-electron chi connectivity index (χ3n) is 3.14. The zero-order valence-electron chi connectivity index (χ0n) is 9.84. The largest absolute Gasteiger partial charge is 0.477 e. The summed E-state index contributed by atoms with van der Waals surface area (Å²) in [7, 11) is 0. The van der Waals surface area contributed by atoms with Gasteiger partial charge in [-0.1, -0.05) is 0 Å². The maximum Gasteiger partial charge on any atom is 0.354 e. The first-order valence-corrected chi connectivity index (χ1v) is 6.72. The van der Waals surface area contributed by atoms with E-state index >= 15 is 0 Å². The summed E-state index contributed by atoms with van der Waals surface area (Å²) in [5.41, 5.74) is 0.911. The first-order valence-electron chi connectivity index (χ1n) is 5.74. The second-order valence-corrected chi connectivity index (χ2v) is 6.12. The van der Waals surface area contributed by atoms with E-state index in [1.54, 1.807) is 6.07 Å². The number of fused-ring (bicyclic) bond motifs is 1. The van der Waals surface area contributed by atoms with Crippen LogP contribution in [0.1, 0.15) is 36.1 Å². The van der Waals surface area contributed by atoms with Gasteiger partial charge in [0.25, 0.3) is 0 Å². The van der Waals surface area contributed by atoms with Crippen molar-refractivity contribution >= 4 is 29.0 Å². The lowest BCUT2D eigenvalue weighted by atomic mass is 10.1. The molecule has 0 spiro atoms. The van der Waals surface area contributed by atoms with E-state index in [4.69, 9.17) is 9.52 Å². The summed E-state index contributed by atoms with van der Waals surface area (Å²) in [6.07, 6.45) is 2.17. The van der Waals surface area contributed by atoms with Gasteiger partial charge in [0.15, 0.2) is 16.9 Å². The summed E-state index contributed by atoms with van der Waals surface area (Å²) in [6, 6.07) is 3.05. The molecule has 94 valence electrons. The minimum absolute atomic E-state index is 0.00780. The van der Waals surface area contributed by atoms with Gasteiger partial charge in [-0.15, -0.1) is 11.8 Å². The van der Waals surface area contributed by atoms with E-state index < -0.39 is 5.97 Å². The van der Waals surface area contributed by atoms with E-state index in [1.807, 2.05) is 11.8 Å². The Morgan fingerprint density at radius 2 is 2.33 bits per heavy atom. The Labute approximate surface area is 108 Å². The van der Waals surface area contributed by atoms with E-state index in [2.05, 4.69) is 16.9 Å². The highest BCUT2D eigenvalue weighted by Crippen LogP contribution is 2.46. The summed E-state index contributed by atoms with van der Waals surface area (Å²) in [6.45, 7) is 2.10. The maximum absolute atomic E-state index is 10.8. The van der Waals surface area contributed by atoms with Gasteiger partial charge >= 0.3 is 5.97 Å². The Bertz CT molecular complexity index is 617. The molecule has 0 aromatic carbocycles. The number of hydrogen-bond acceptors (Lipinski definition) is 5. The first kappa shape index (κ1) is 11.5. The van der Waals surface area contributed by atoms with Crippen LogP contribution in [-0.2, 0) is 4.75 Å². The van der Waals surface area contributed by atoms with E-state index in [0.29, 0.717) is 17.1 Å². The molecule has 0 aliphatic carbocycles. The predicted octanol–water partition coefficient (Wildman–Crippen LogP) is 2.66. The second kappa shape index (κ2) is 3.98. The van der Waals surface area contributed by atoms with Crippen LogP contribution in [0.5, 0.6) is 0 Å². The van der Waals surface area contributed by atoms with E-state index in [-0.39, 0.29) is 10.4 Å². The van der Waals surface area contributed by atoms with Crippen molar-refractivity contribution in [2.45, 2.75) is 24.5 Å². The fourth-order valence-corrected chi connectivity index (χ4v) is 3.35. The molecule has 5 nitrogen and oxygen atoms in total. The number of aromatic carboxylic acids is 1. The minimum atomic E-state index is -1.05. The lowest BCUT2D eigenvalue weighted by Gasteiger charge is -2.16. The number of carboxylic acids is 1. The molecule has 1 saturated heterocycles. The number of rotatable bonds is 2. The molecule has 1 aliphatic heterocycles. The summed E-state index contributed by atoms with van der Waals surface area (Å²) in [5, 5.41) is 8.89. The number of pyridine rings is 1. The SMILES string of the molecule is CC1(c2nc3nc(C(=O)O)ccc3o2)CCCS1. The van der Waals surface area contributed by atoms with Gasteiger partial charge in [-0.2, -0.15) is 4.98 Å². The average molecular weight is 264 g/mol. The third kappa shape index (κ3) is 1.77. The van der Waals surface area contributed by atoms with Gasteiger partial charge in [-0.25, -0.2) is 9.78 Å². The molecule has 1 fully saturated rings. The molecule has 2 aromatic heterocycles. The van der Waals surface area contributed by atoms with Crippen molar-refractivity contribution in [3.05, 3.63) is 23.7 Å². The summed E-state index contributed by atoms with van der Waals surface area (Å²) in [4.78, 5) is 19.2. The normalized spacial score (nSPS) is 23.6. The van der Waals surface area contributed by atoms with Crippen molar-refractivity contribution in [1.29, 1.82) is 0 Å². The molecule has 1 aliphatic rings. The van der Waals surface area contributed by atoms with Crippen LogP contribution in [0.25, 0.3) is 11.2 Å².